The van der Waals surface area contributed by atoms with Crippen LogP contribution in [-0.2, 0) is 6.61 Å². The molecule has 0 aliphatic carbocycles. The summed E-state index contributed by atoms with van der Waals surface area (Å²) in [6.07, 6.45) is 0. The van der Waals surface area contributed by atoms with Crippen LogP contribution in [0.1, 0.15) is 25.6 Å². The zero-order chi connectivity index (χ0) is 15.7. The maximum absolute atomic E-state index is 13.4. The minimum absolute atomic E-state index is 0.224. The topological polar surface area (TPSA) is 14.2 Å². The molecule has 0 saturated heterocycles. The maximum Gasteiger partial charge on any atom is 0.128 e. The molecule has 4 heteroatoms. The van der Waals surface area contributed by atoms with Crippen molar-refractivity contribution >= 4 is 22.5 Å². The van der Waals surface area contributed by atoms with E-state index < -0.39 is 0 Å². The Morgan fingerprint density at radius 3 is 2.50 bits per heavy atom. The van der Waals surface area contributed by atoms with Crippen molar-refractivity contribution in [3.63, 3.8) is 0 Å². The summed E-state index contributed by atoms with van der Waals surface area (Å²) >= 11 is 5.87. The van der Waals surface area contributed by atoms with E-state index >= 15 is 0 Å². The molecule has 0 fully saturated rings. The van der Waals surface area contributed by atoms with Crippen LogP contribution in [-0.4, -0.2) is 4.57 Å². The number of hydrogen-bond donors (Lipinski definition) is 0. The van der Waals surface area contributed by atoms with Crippen molar-refractivity contribution < 1.29 is 9.13 Å². The lowest BCUT2D eigenvalue weighted by Gasteiger charge is -2.15. The van der Waals surface area contributed by atoms with E-state index in [1.165, 1.54) is 6.07 Å². The molecule has 0 atom stereocenters. The number of hydrogen-bond acceptors (Lipinski definition) is 1. The molecule has 0 amide bonds. The molecule has 0 aliphatic heterocycles. The fourth-order valence-corrected chi connectivity index (χ4v) is 2.80. The first-order valence-electron chi connectivity index (χ1n) is 7.22. The second kappa shape index (κ2) is 6.01. The molecule has 1 aromatic heterocycles. The number of halogens is 2. The zero-order valence-electron chi connectivity index (χ0n) is 12.5. The summed E-state index contributed by atoms with van der Waals surface area (Å²) < 4.78 is 21.4. The van der Waals surface area contributed by atoms with E-state index in [-0.39, 0.29) is 11.9 Å². The number of ether oxygens (including phenoxy) is 1. The van der Waals surface area contributed by atoms with Gasteiger partial charge >= 0.3 is 0 Å². The van der Waals surface area contributed by atoms with Gasteiger partial charge in [-0.1, -0.05) is 11.6 Å². The van der Waals surface area contributed by atoms with Crippen molar-refractivity contribution in [2.45, 2.75) is 26.5 Å². The molecule has 3 aromatic rings. The Hall–Kier alpha value is -2.00. The molecule has 0 spiro atoms. The van der Waals surface area contributed by atoms with Crippen LogP contribution >= 0.6 is 11.6 Å². The van der Waals surface area contributed by atoms with Crippen molar-refractivity contribution in [1.82, 2.24) is 4.57 Å². The average Bonchev–Trinajstić information content (AvgIpc) is 2.84. The van der Waals surface area contributed by atoms with Crippen LogP contribution in [0.25, 0.3) is 10.9 Å². The van der Waals surface area contributed by atoms with Crippen molar-refractivity contribution in [3.05, 3.63) is 65.1 Å². The van der Waals surface area contributed by atoms with Crippen LogP contribution in [0.3, 0.4) is 0 Å². The Morgan fingerprint density at radius 2 is 1.82 bits per heavy atom. The van der Waals surface area contributed by atoms with Gasteiger partial charge in [-0.2, -0.15) is 0 Å². The van der Waals surface area contributed by atoms with Crippen molar-refractivity contribution in [2.24, 2.45) is 0 Å². The SMILES string of the molecule is CC(C)n1c(COc2ccc(Cl)cc2)cc2cc(F)ccc21. The molecule has 0 radical (unpaired) electrons. The van der Waals surface area contributed by atoms with Crippen molar-refractivity contribution in [2.75, 3.05) is 0 Å². The Kier molecular flexibility index (Phi) is 4.08. The molecule has 1 heterocycles. The first-order chi connectivity index (χ1) is 10.5. The largest absolute Gasteiger partial charge is 0.487 e. The summed E-state index contributed by atoms with van der Waals surface area (Å²) in [5.41, 5.74) is 2.04. The number of nitrogens with zero attached hydrogens (tertiary/aromatic N) is 1. The molecule has 2 aromatic carbocycles. The molecule has 0 N–H and O–H groups in total. The van der Waals surface area contributed by atoms with Gasteiger partial charge in [0.05, 0.1) is 5.69 Å². The third-order valence-corrected chi connectivity index (χ3v) is 3.85. The van der Waals surface area contributed by atoms with Gasteiger partial charge in [0.25, 0.3) is 0 Å². The lowest BCUT2D eigenvalue weighted by Crippen LogP contribution is -2.08. The molecule has 0 bridgehead atoms. The predicted molar refractivity (Wildman–Crippen MR) is 88.1 cm³/mol. The third kappa shape index (κ3) is 2.95. The van der Waals surface area contributed by atoms with E-state index in [2.05, 4.69) is 18.4 Å². The van der Waals surface area contributed by atoms with Gasteiger partial charge in [0, 0.05) is 22.0 Å². The summed E-state index contributed by atoms with van der Waals surface area (Å²) in [5.74, 6) is 0.537. The third-order valence-electron chi connectivity index (χ3n) is 3.60. The lowest BCUT2D eigenvalue weighted by molar-refractivity contribution is 0.293. The normalized spacial score (nSPS) is 11.3. The average molecular weight is 318 g/mol. The van der Waals surface area contributed by atoms with Gasteiger partial charge in [-0.05, 0) is 62.4 Å². The molecular weight excluding hydrogens is 301 g/mol. The molecule has 0 saturated carbocycles. The fourth-order valence-electron chi connectivity index (χ4n) is 2.67. The summed E-state index contributed by atoms with van der Waals surface area (Å²) in [6.45, 7) is 4.64. The molecular formula is C18H17ClFNO. The Bertz CT molecular complexity index is 793. The minimum Gasteiger partial charge on any atom is -0.487 e. The van der Waals surface area contributed by atoms with Gasteiger partial charge in [0.2, 0.25) is 0 Å². The van der Waals surface area contributed by atoms with Gasteiger partial charge in [0.15, 0.2) is 0 Å². The number of fused-ring (bicyclic) bond motifs is 1. The quantitative estimate of drug-likeness (QED) is 0.611. The van der Waals surface area contributed by atoms with Crippen LogP contribution in [0.4, 0.5) is 4.39 Å². The van der Waals surface area contributed by atoms with Crippen LogP contribution < -0.4 is 4.74 Å². The predicted octanol–water partition coefficient (Wildman–Crippen LogP) is 5.59. The van der Waals surface area contributed by atoms with Gasteiger partial charge in [-0.25, -0.2) is 4.39 Å². The molecule has 114 valence electrons. The highest BCUT2D eigenvalue weighted by atomic mass is 35.5. The molecule has 2 nitrogen and oxygen atoms in total. The van der Waals surface area contributed by atoms with Gasteiger partial charge in [0.1, 0.15) is 18.2 Å². The fraction of sp³-hybridized carbons (Fsp3) is 0.222. The Balaban J connectivity index is 1.92. The Morgan fingerprint density at radius 1 is 1.09 bits per heavy atom. The van der Waals surface area contributed by atoms with E-state index in [0.717, 1.165) is 22.3 Å². The number of rotatable bonds is 4. The van der Waals surface area contributed by atoms with Crippen molar-refractivity contribution in [3.8, 4) is 5.75 Å². The van der Waals surface area contributed by atoms with E-state index in [4.69, 9.17) is 16.3 Å². The second-order valence-electron chi connectivity index (χ2n) is 5.55. The number of aromatic nitrogens is 1. The highest BCUT2D eigenvalue weighted by Crippen LogP contribution is 2.26. The minimum atomic E-state index is -0.224. The first kappa shape index (κ1) is 14.9. The molecule has 3 rings (SSSR count). The van der Waals surface area contributed by atoms with Crippen LogP contribution in [0.2, 0.25) is 5.02 Å². The van der Waals surface area contributed by atoms with E-state index in [9.17, 15) is 4.39 Å². The number of benzene rings is 2. The summed E-state index contributed by atoms with van der Waals surface area (Å²) in [7, 11) is 0. The van der Waals surface area contributed by atoms with Crippen LogP contribution in [0.5, 0.6) is 5.75 Å². The Labute approximate surface area is 134 Å². The van der Waals surface area contributed by atoms with E-state index in [1.807, 2.05) is 24.3 Å². The van der Waals surface area contributed by atoms with Crippen molar-refractivity contribution in [1.29, 1.82) is 0 Å². The summed E-state index contributed by atoms with van der Waals surface area (Å²) in [4.78, 5) is 0. The van der Waals surface area contributed by atoms with Gasteiger partial charge in [-0.3, -0.25) is 0 Å². The standard InChI is InChI=1S/C18H17ClFNO/c1-12(2)21-16(10-13-9-15(20)5-8-18(13)21)11-22-17-6-3-14(19)4-7-17/h3-10,12H,11H2,1-2H3. The summed E-state index contributed by atoms with van der Waals surface area (Å²) in [6, 6.07) is 14.4. The van der Waals surface area contributed by atoms with Crippen LogP contribution in [0.15, 0.2) is 48.5 Å². The van der Waals surface area contributed by atoms with Gasteiger partial charge in [-0.15, -0.1) is 0 Å². The second-order valence-corrected chi connectivity index (χ2v) is 5.98. The molecule has 0 aliphatic rings. The summed E-state index contributed by atoms with van der Waals surface area (Å²) in [5, 5.41) is 1.57. The lowest BCUT2D eigenvalue weighted by atomic mass is 10.2. The smallest absolute Gasteiger partial charge is 0.128 e. The highest BCUT2D eigenvalue weighted by Gasteiger charge is 2.12. The van der Waals surface area contributed by atoms with E-state index in [0.29, 0.717) is 11.6 Å². The van der Waals surface area contributed by atoms with E-state index in [1.54, 1.807) is 18.2 Å². The molecule has 0 unspecified atom stereocenters. The monoisotopic (exact) mass is 317 g/mol. The highest BCUT2D eigenvalue weighted by molar-refractivity contribution is 6.30. The van der Waals surface area contributed by atoms with Crippen LogP contribution in [0, 0.1) is 5.82 Å². The maximum atomic E-state index is 13.4. The first-order valence-corrected chi connectivity index (χ1v) is 7.60. The molecule has 22 heavy (non-hydrogen) atoms. The van der Waals surface area contributed by atoms with Gasteiger partial charge < -0.3 is 9.30 Å². The zero-order valence-corrected chi connectivity index (χ0v) is 13.3.